The summed E-state index contributed by atoms with van der Waals surface area (Å²) in [7, 11) is 0. The van der Waals surface area contributed by atoms with E-state index in [0.29, 0.717) is 5.82 Å². The molecule has 1 aromatic heterocycles. The predicted octanol–water partition coefficient (Wildman–Crippen LogP) is 1.64. The fourth-order valence-electron chi connectivity index (χ4n) is 1.85. The fourth-order valence-corrected chi connectivity index (χ4v) is 1.85. The van der Waals surface area contributed by atoms with Crippen LogP contribution in [0.4, 0.5) is 0 Å². The molecule has 0 aliphatic carbocycles. The predicted molar refractivity (Wildman–Crippen MR) is 84.2 cm³/mol. The SMILES string of the molecule is CC=NC(=N)c1nc(-c2ccc(C)cc2)n(COCCO)n1. The molecular formula is C15H19N5O2. The quantitative estimate of drug-likeness (QED) is 0.481. The van der Waals surface area contributed by atoms with E-state index in [0.717, 1.165) is 11.1 Å². The average Bonchev–Trinajstić information content (AvgIpc) is 2.93. The number of hydrogen-bond acceptors (Lipinski definition) is 5. The Morgan fingerprint density at radius 3 is 2.77 bits per heavy atom. The molecule has 1 aromatic carbocycles. The van der Waals surface area contributed by atoms with Gasteiger partial charge in [-0.25, -0.2) is 14.7 Å². The minimum Gasteiger partial charge on any atom is -0.394 e. The van der Waals surface area contributed by atoms with E-state index in [4.69, 9.17) is 15.3 Å². The molecule has 22 heavy (non-hydrogen) atoms. The smallest absolute Gasteiger partial charge is 0.219 e. The van der Waals surface area contributed by atoms with Crippen LogP contribution in [0.25, 0.3) is 11.4 Å². The number of benzene rings is 1. The van der Waals surface area contributed by atoms with Crippen LogP contribution in [-0.2, 0) is 11.5 Å². The highest BCUT2D eigenvalue weighted by Crippen LogP contribution is 2.18. The highest BCUT2D eigenvalue weighted by atomic mass is 16.5. The van der Waals surface area contributed by atoms with Gasteiger partial charge in [0.05, 0.1) is 13.2 Å². The first kappa shape index (κ1) is 16.0. The van der Waals surface area contributed by atoms with Crippen LogP contribution in [0.2, 0.25) is 0 Å². The van der Waals surface area contributed by atoms with Crippen LogP contribution in [0, 0.1) is 12.3 Å². The van der Waals surface area contributed by atoms with Gasteiger partial charge in [-0.15, -0.1) is 5.10 Å². The van der Waals surface area contributed by atoms with Gasteiger partial charge in [-0.3, -0.25) is 5.41 Å². The summed E-state index contributed by atoms with van der Waals surface area (Å²) in [6, 6.07) is 7.85. The zero-order valence-electron chi connectivity index (χ0n) is 12.7. The Hall–Kier alpha value is -2.38. The van der Waals surface area contributed by atoms with Gasteiger partial charge < -0.3 is 9.84 Å². The third-order valence-electron chi connectivity index (χ3n) is 2.90. The zero-order chi connectivity index (χ0) is 15.9. The second kappa shape index (κ2) is 7.58. The highest BCUT2D eigenvalue weighted by Gasteiger charge is 2.14. The van der Waals surface area contributed by atoms with Crippen LogP contribution in [0.1, 0.15) is 18.3 Å². The Morgan fingerprint density at radius 2 is 2.14 bits per heavy atom. The van der Waals surface area contributed by atoms with Gasteiger partial charge in [0.15, 0.2) is 11.7 Å². The summed E-state index contributed by atoms with van der Waals surface area (Å²) in [6.07, 6.45) is 1.52. The molecule has 7 heteroatoms. The van der Waals surface area contributed by atoms with Crippen molar-refractivity contribution in [2.75, 3.05) is 13.2 Å². The Kier molecular flexibility index (Phi) is 5.51. The summed E-state index contributed by atoms with van der Waals surface area (Å²) >= 11 is 0. The molecular weight excluding hydrogens is 282 g/mol. The van der Waals surface area contributed by atoms with Crippen molar-refractivity contribution in [3.05, 3.63) is 35.7 Å². The molecule has 116 valence electrons. The monoisotopic (exact) mass is 301 g/mol. The van der Waals surface area contributed by atoms with E-state index in [-0.39, 0.29) is 31.6 Å². The number of aliphatic imine (C=N–C) groups is 1. The molecule has 0 radical (unpaired) electrons. The minimum absolute atomic E-state index is 0.00299. The third-order valence-corrected chi connectivity index (χ3v) is 2.90. The molecule has 0 fully saturated rings. The van der Waals surface area contributed by atoms with Crippen molar-refractivity contribution in [2.24, 2.45) is 4.99 Å². The van der Waals surface area contributed by atoms with E-state index < -0.39 is 0 Å². The van der Waals surface area contributed by atoms with Crippen LogP contribution < -0.4 is 0 Å². The van der Waals surface area contributed by atoms with Crippen molar-refractivity contribution in [3.63, 3.8) is 0 Å². The lowest BCUT2D eigenvalue weighted by atomic mass is 10.1. The van der Waals surface area contributed by atoms with E-state index in [9.17, 15) is 0 Å². The van der Waals surface area contributed by atoms with E-state index in [2.05, 4.69) is 15.1 Å². The second-order valence-electron chi connectivity index (χ2n) is 4.62. The Balaban J connectivity index is 2.35. The average molecular weight is 301 g/mol. The molecule has 2 rings (SSSR count). The summed E-state index contributed by atoms with van der Waals surface area (Å²) in [5.41, 5.74) is 2.03. The molecule has 2 N–H and O–H groups in total. The minimum atomic E-state index is -0.0582. The molecule has 0 saturated carbocycles. The van der Waals surface area contributed by atoms with Gasteiger partial charge >= 0.3 is 0 Å². The molecule has 2 aromatic rings. The molecule has 7 nitrogen and oxygen atoms in total. The van der Waals surface area contributed by atoms with Gasteiger partial charge in [-0.05, 0) is 13.8 Å². The lowest BCUT2D eigenvalue weighted by Gasteiger charge is -2.06. The fraction of sp³-hybridized carbons (Fsp3) is 0.333. The molecule has 0 aliphatic rings. The number of aliphatic hydroxyl groups excluding tert-OH is 1. The number of aromatic nitrogens is 3. The Labute approximate surface area is 128 Å². The zero-order valence-corrected chi connectivity index (χ0v) is 12.7. The largest absolute Gasteiger partial charge is 0.394 e. The lowest BCUT2D eigenvalue weighted by molar-refractivity contribution is 0.0426. The van der Waals surface area contributed by atoms with Gasteiger partial charge in [0.25, 0.3) is 0 Å². The third kappa shape index (κ3) is 3.84. The van der Waals surface area contributed by atoms with E-state index in [1.54, 1.807) is 11.6 Å². The molecule has 0 spiro atoms. The van der Waals surface area contributed by atoms with E-state index in [1.165, 1.54) is 6.21 Å². The van der Waals surface area contributed by atoms with Gasteiger partial charge in [0.2, 0.25) is 5.82 Å². The Morgan fingerprint density at radius 1 is 1.41 bits per heavy atom. The maximum Gasteiger partial charge on any atom is 0.219 e. The standard InChI is InChI=1S/C15H19N5O2/c1-3-17-13(16)14-18-15(12-6-4-11(2)5-7-12)20(19-14)10-22-9-8-21/h3-7,16,21H,8-10H2,1-2H3. The van der Waals surface area contributed by atoms with Crippen LogP contribution in [0.3, 0.4) is 0 Å². The molecule has 0 saturated heterocycles. The first-order chi connectivity index (χ1) is 10.7. The normalized spacial score (nSPS) is 11.2. The van der Waals surface area contributed by atoms with Crippen LogP contribution >= 0.6 is 0 Å². The molecule has 0 unspecified atom stereocenters. The summed E-state index contributed by atoms with van der Waals surface area (Å²) in [5.74, 6) is 0.835. The number of rotatable bonds is 6. The van der Waals surface area contributed by atoms with Crippen molar-refractivity contribution in [2.45, 2.75) is 20.6 Å². The maximum atomic E-state index is 8.80. The number of ether oxygens (including phenoxy) is 1. The van der Waals surface area contributed by atoms with Crippen molar-refractivity contribution < 1.29 is 9.84 Å². The summed E-state index contributed by atoms with van der Waals surface area (Å²) in [6.45, 7) is 4.05. The van der Waals surface area contributed by atoms with Crippen molar-refractivity contribution >= 4 is 12.1 Å². The van der Waals surface area contributed by atoms with Crippen LogP contribution in [0.15, 0.2) is 29.3 Å². The summed E-state index contributed by atoms with van der Waals surface area (Å²) in [5, 5.41) is 20.9. The first-order valence-electron chi connectivity index (χ1n) is 6.93. The number of aliphatic hydroxyl groups is 1. The Bertz CT molecular complexity index is 661. The van der Waals surface area contributed by atoms with E-state index in [1.807, 2.05) is 31.2 Å². The summed E-state index contributed by atoms with van der Waals surface area (Å²) < 4.78 is 6.87. The van der Waals surface area contributed by atoms with Gasteiger partial charge in [0.1, 0.15) is 6.73 Å². The lowest BCUT2D eigenvalue weighted by Crippen LogP contribution is -2.09. The number of amidine groups is 1. The second-order valence-corrected chi connectivity index (χ2v) is 4.62. The van der Waals surface area contributed by atoms with Crippen LogP contribution in [-0.4, -0.2) is 45.1 Å². The van der Waals surface area contributed by atoms with Crippen LogP contribution in [0.5, 0.6) is 0 Å². The topological polar surface area (TPSA) is 96.4 Å². The number of nitrogens with zero attached hydrogens (tertiary/aromatic N) is 4. The van der Waals surface area contributed by atoms with Gasteiger partial charge in [-0.2, -0.15) is 0 Å². The molecule has 0 atom stereocenters. The number of aryl methyl sites for hydroxylation is 1. The summed E-state index contributed by atoms with van der Waals surface area (Å²) in [4.78, 5) is 8.27. The van der Waals surface area contributed by atoms with Crippen molar-refractivity contribution in [1.82, 2.24) is 14.8 Å². The molecule has 1 heterocycles. The van der Waals surface area contributed by atoms with Gasteiger partial charge in [-0.1, -0.05) is 29.8 Å². The number of nitrogens with one attached hydrogen (secondary N) is 1. The first-order valence-corrected chi connectivity index (χ1v) is 6.93. The van der Waals surface area contributed by atoms with E-state index >= 15 is 0 Å². The maximum absolute atomic E-state index is 8.80. The van der Waals surface area contributed by atoms with Gasteiger partial charge in [0, 0.05) is 11.8 Å². The number of hydrogen-bond donors (Lipinski definition) is 2. The molecule has 0 amide bonds. The molecule has 0 aliphatic heterocycles. The highest BCUT2D eigenvalue weighted by molar-refractivity contribution is 5.97. The van der Waals surface area contributed by atoms with Crippen molar-refractivity contribution in [1.29, 1.82) is 5.41 Å². The molecule has 0 bridgehead atoms. The van der Waals surface area contributed by atoms with Crippen molar-refractivity contribution in [3.8, 4) is 11.4 Å².